The molecule has 1 heterocycles. The van der Waals surface area contributed by atoms with Gasteiger partial charge in [-0.05, 0) is 18.2 Å². The lowest BCUT2D eigenvalue weighted by Crippen LogP contribution is -2.27. The summed E-state index contributed by atoms with van der Waals surface area (Å²) in [6.07, 6.45) is 0.117. The van der Waals surface area contributed by atoms with Crippen LogP contribution >= 0.6 is 11.8 Å². The number of carboxylic acid groups (broad SMARTS) is 1. The molecule has 0 aromatic heterocycles. The van der Waals surface area contributed by atoms with Crippen LogP contribution < -0.4 is 5.32 Å². The van der Waals surface area contributed by atoms with Crippen LogP contribution in [0.5, 0.6) is 5.75 Å². The standard InChI is InChI=1S/C13H14N2O5S/c16-10-7-8(12(18)19)1-2-9(10)14-11(17)3-4-15-5-6-21-13(15)20/h1-2,7,16H,3-6H2,(H,14,17)(H,18,19). The predicted octanol–water partition coefficient (Wildman–Crippen LogP) is 1.59. The summed E-state index contributed by atoms with van der Waals surface area (Å²) in [5, 5.41) is 20.9. The highest BCUT2D eigenvalue weighted by atomic mass is 32.2. The number of rotatable bonds is 5. The summed E-state index contributed by atoms with van der Waals surface area (Å²) in [5.74, 6) is -1.08. The third-order valence-corrected chi connectivity index (χ3v) is 3.86. The molecule has 0 spiro atoms. The maximum absolute atomic E-state index is 11.8. The summed E-state index contributed by atoms with van der Waals surface area (Å²) in [7, 11) is 0. The first kappa shape index (κ1) is 15.2. The molecular formula is C13H14N2O5S. The molecule has 0 aliphatic carbocycles. The second-order valence-electron chi connectivity index (χ2n) is 4.44. The fraction of sp³-hybridized carbons (Fsp3) is 0.308. The Morgan fingerprint density at radius 3 is 2.71 bits per heavy atom. The number of phenols is 1. The van der Waals surface area contributed by atoms with E-state index in [1.807, 2.05) is 0 Å². The molecule has 1 aromatic carbocycles. The number of nitrogens with zero attached hydrogens (tertiary/aromatic N) is 1. The smallest absolute Gasteiger partial charge is 0.335 e. The van der Waals surface area contributed by atoms with E-state index in [0.29, 0.717) is 13.1 Å². The average Bonchev–Trinajstić information content (AvgIpc) is 2.84. The molecule has 2 rings (SSSR count). The van der Waals surface area contributed by atoms with Gasteiger partial charge in [-0.15, -0.1) is 0 Å². The topological polar surface area (TPSA) is 107 Å². The summed E-state index contributed by atoms with van der Waals surface area (Å²) in [4.78, 5) is 35.4. The quantitative estimate of drug-likeness (QED) is 0.713. The van der Waals surface area contributed by atoms with E-state index in [9.17, 15) is 19.5 Å². The molecule has 1 saturated heterocycles. The number of carbonyl (C=O) groups excluding carboxylic acids is 2. The van der Waals surface area contributed by atoms with Crippen molar-refractivity contribution < 1.29 is 24.6 Å². The minimum absolute atomic E-state index is 0.0311. The fourth-order valence-electron chi connectivity index (χ4n) is 1.85. The number of benzene rings is 1. The van der Waals surface area contributed by atoms with Gasteiger partial charge in [0.05, 0.1) is 11.3 Å². The molecule has 1 fully saturated rings. The fourth-order valence-corrected chi connectivity index (χ4v) is 2.70. The van der Waals surface area contributed by atoms with Crippen LogP contribution in [0, 0.1) is 0 Å². The zero-order valence-corrected chi connectivity index (χ0v) is 11.9. The SMILES string of the molecule is O=C(CCN1CCSC1=O)Nc1ccc(C(=O)O)cc1O. The van der Waals surface area contributed by atoms with E-state index in [0.717, 1.165) is 11.8 Å². The van der Waals surface area contributed by atoms with E-state index < -0.39 is 5.97 Å². The van der Waals surface area contributed by atoms with E-state index in [4.69, 9.17) is 5.11 Å². The van der Waals surface area contributed by atoms with Gasteiger partial charge >= 0.3 is 5.97 Å². The molecule has 2 amide bonds. The minimum atomic E-state index is -1.16. The van der Waals surface area contributed by atoms with E-state index in [1.165, 1.54) is 23.9 Å². The van der Waals surface area contributed by atoms with Crippen molar-refractivity contribution >= 4 is 34.6 Å². The zero-order chi connectivity index (χ0) is 15.4. The second kappa shape index (κ2) is 6.49. The van der Waals surface area contributed by atoms with E-state index >= 15 is 0 Å². The van der Waals surface area contributed by atoms with Crippen molar-refractivity contribution in [1.82, 2.24) is 4.90 Å². The number of amides is 2. The van der Waals surface area contributed by atoms with Crippen LogP contribution in [0.2, 0.25) is 0 Å². The van der Waals surface area contributed by atoms with Crippen LogP contribution in [0.4, 0.5) is 10.5 Å². The Hall–Kier alpha value is -2.22. The number of carboxylic acids is 1. The first-order valence-corrected chi connectivity index (χ1v) is 7.24. The Labute approximate surface area is 124 Å². The number of thioether (sulfide) groups is 1. The summed E-state index contributed by atoms with van der Waals surface area (Å²) in [5.41, 5.74) is 0.0808. The number of hydrogen-bond donors (Lipinski definition) is 3. The van der Waals surface area contributed by atoms with Gasteiger partial charge in [0.15, 0.2) is 0 Å². The summed E-state index contributed by atoms with van der Waals surface area (Å²) >= 11 is 1.23. The lowest BCUT2D eigenvalue weighted by molar-refractivity contribution is -0.116. The van der Waals surface area contributed by atoms with Gasteiger partial charge in [-0.1, -0.05) is 11.8 Å². The molecule has 0 radical (unpaired) electrons. The van der Waals surface area contributed by atoms with Crippen LogP contribution in [0.25, 0.3) is 0 Å². The molecular weight excluding hydrogens is 296 g/mol. The lowest BCUT2D eigenvalue weighted by atomic mass is 10.2. The summed E-state index contributed by atoms with van der Waals surface area (Å²) in [6, 6.07) is 3.68. The average molecular weight is 310 g/mol. The van der Waals surface area contributed by atoms with Gasteiger partial charge in [0.1, 0.15) is 5.75 Å². The molecule has 0 saturated carbocycles. The Kier molecular flexibility index (Phi) is 4.69. The molecule has 1 aliphatic heterocycles. The highest BCUT2D eigenvalue weighted by Gasteiger charge is 2.21. The van der Waals surface area contributed by atoms with Crippen molar-refractivity contribution in [2.45, 2.75) is 6.42 Å². The number of aromatic hydroxyl groups is 1. The number of hydrogen-bond acceptors (Lipinski definition) is 5. The van der Waals surface area contributed by atoms with Crippen LogP contribution in [-0.4, -0.2) is 51.1 Å². The maximum Gasteiger partial charge on any atom is 0.335 e. The van der Waals surface area contributed by atoms with Crippen molar-refractivity contribution in [2.24, 2.45) is 0 Å². The number of aromatic carboxylic acids is 1. The van der Waals surface area contributed by atoms with Crippen molar-refractivity contribution in [2.75, 3.05) is 24.2 Å². The van der Waals surface area contributed by atoms with Gasteiger partial charge in [-0.3, -0.25) is 9.59 Å². The number of phenolic OH excluding ortho intramolecular Hbond substituents is 1. The largest absolute Gasteiger partial charge is 0.506 e. The molecule has 0 unspecified atom stereocenters. The van der Waals surface area contributed by atoms with E-state index in [1.54, 1.807) is 4.90 Å². The maximum atomic E-state index is 11.8. The minimum Gasteiger partial charge on any atom is -0.506 e. The second-order valence-corrected chi connectivity index (χ2v) is 5.48. The van der Waals surface area contributed by atoms with Crippen LogP contribution in [0.3, 0.4) is 0 Å². The van der Waals surface area contributed by atoms with Crippen molar-refractivity contribution in [3.05, 3.63) is 23.8 Å². The first-order chi connectivity index (χ1) is 9.97. The molecule has 21 heavy (non-hydrogen) atoms. The van der Waals surface area contributed by atoms with Gasteiger partial charge in [-0.25, -0.2) is 4.79 Å². The Morgan fingerprint density at radius 1 is 1.38 bits per heavy atom. The Balaban J connectivity index is 1.90. The third-order valence-electron chi connectivity index (χ3n) is 2.97. The molecule has 1 aromatic rings. The van der Waals surface area contributed by atoms with Crippen molar-refractivity contribution in [3.63, 3.8) is 0 Å². The van der Waals surface area contributed by atoms with Gasteiger partial charge in [-0.2, -0.15) is 0 Å². The monoisotopic (exact) mass is 310 g/mol. The zero-order valence-electron chi connectivity index (χ0n) is 11.0. The Bertz CT molecular complexity index is 590. The van der Waals surface area contributed by atoms with Crippen molar-refractivity contribution in [3.8, 4) is 5.75 Å². The van der Waals surface area contributed by atoms with Crippen LogP contribution in [-0.2, 0) is 4.79 Å². The van der Waals surface area contributed by atoms with E-state index in [-0.39, 0.29) is 34.6 Å². The molecule has 0 bridgehead atoms. The summed E-state index contributed by atoms with van der Waals surface area (Å²) < 4.78 is 0. The summed E-state index contributed by atoms with van der Waals surface area (Å²) in [6.45, 7) is 0.959. The highest BCUT2D eigenvalue weighted by molar-refractivity contribution is 8.13. The number of anilines is 1. The van der Waals surface area contributed by atoms with Gasteiger partial charge < -0.3 is 20.4 Å². The first-order valence-electron chi connectivity index (χ1n) is 6.25. The van der Waals surface area contributed by atoms with Gasteiger partial charge in [0, 0.05) is 25.3 Å². The van der Waals surface area contributed by atoms with Gasteiger partial charge in [0.2, 0.25) is 5.91 Å². The molecule has 8 heteroatoms. The third kappa shape index (κ3) is 3.88. The van der Waals surface area contributed by atoms with Crippen LogP contribution in [0.15, 0.2) is 18.2 Å². The normalized spacial score (nSPS) is 14.3. The molecule has 1 aliphatic rings. The van der Waals surface area contributed by atoms with Crippen LogP contribution in [0.1, 0.15) is 16.8 Å². The van der Waals surface area contributed by atoms with Crippen molar-refractivity contribution in [1.29, 1.82) is 0 Å². The molecule has 7 nitrogen and oxygen atoms in total. The van der Waals surface area contributed by atoms with Gasteiger partial charge in [0.25, 0.3) is 5.24 Å². The molecule has 112 valence electrons. The highest BCUT2D eigenvalue weighted by Crippen LogP contribution is 2.24. The number of carbonyl (C=O) groups is 3. The Morgan fingerprint density at radius 2 is 2.14 bits per heavy atom. The lowest BCUT2D eigenvalue weighted by Gasteiger charge is -2.14. The predicted molar refractivity (Wildman–Crippen MR) is 77.7 cm³/mol. The molecule has 3 N–H and O–H groups in total. The molecule has 0 atom stereocenters. The van der Waals surface area contributed by atoms with E-state index in [2.05, 4.69) is 5.32 Å². The number of nitrogens with one attached hydrogen (secondary N) is 1.